The van der Waals surface area contributed by atoms with Gasteiger partial charge in [0.1, 0.15) is 5.75 Å². The van der Waals surface area contributed by atoms with Crippen LogP contribution < -0.4 is 20.9 Å². The lowest BCUT2D eigenvalue weighted by atomic mass is 9.42. The first-order valence-electron chi connectivity index (χ1n) is 7.10. The van der Waals surface area contributed by atoms with Gasteiger partial charge in [-0.05, 0) is 19.1 Å². The minimum absolute atomic E-state index is 0.792. The van der Waals surface area contributed by atoms with E-state index in [4.69, 9.17) is 9.39 Å². The molecule has 2 aromatic carbocycles. The minimum Gasteiger partial charge on any atom is -0.528 e. The van der Waals surface area contributed by atoms with Gasteiger partial charge in [-0.15, -0.1) is 10.9 Å². The van der Waals surface area contributed by atoms with Crippen LogP contribution >= 0.6 is 0 Å². The number of quaternary nitrogens is 1. The molecule has 20 heavy (non-hydrogen) atoms. The summed E-state index contributed by atoms with van der Waals surface area (Å²) in [7, 11) is 1.69. The molecule has 0 aliphatic carbocycles. The van der Waals surface area contributed by atoms with E-state index in [1.807, 2.05) is 12.1 Å². The van der Waals surface area contributed by atoms with Gasteiger partial charge in [0.05, 0.1) is 20.3 Å². The fourth-order valence-electron chi connectivity index (χ4n) is 3.02. The van der Waals surface area contributed by atoms with Gasteiger partial charge in [-0.1, -0.05) is 42.0 Å². The van der Waals surface area contributed by atoms with E-state index in [0.717, 1.165) is 18.9 Å². The first kappa shape index (κ1) is 13.2. The first-order chi connectivity index (χ1) is 9.74. The van der Waals surface area contributed by atoms with Crippen LogP contribution in [0, 0.1) is 6.92 Å². The average Bonchev–Trinajstić information content (AvgIpc) is 2.99. The summed E-state index contributed by atoms with van der Waals surface area (Å²) in [5.41, 5.74) is 3.73. The quantitative estimate of drug-likeness (QED) is 0.805. The van der Waals surface area contributed by atoms with E-state index in [0.29, 0.717) is 0 Å². The van der Waals surface area contributed by atoms with E-state index in [1.165, 1.54) is 16.5 Å². The molecule has 1 atom stereocenters. The second kappa shape index (κ2) is 5.31. The number of hydrogen-bond donors (Lipinski definition) is 1. The van der Waals surface area contributed by atoms with Gasteiger partial charge in [-0.2, -0.15) is 0 Å². The summed E-state index contributed by atoms with van der Waals surface area (Å²) in [5.74, 6) is 0.876. The van der Waals surface area contributed by atoms with E-state index in [2.05, 4.69) is 48.5 Å². The van der Waals surface area contributed by atoms with Gasteiger partial charge >= 0.3 is 6.48 Å². The van der Waals surface area contributed by atoms with Crippen LogP contribution in [0.1, 0.15) is 5.56 Å². The molecule has 0 radical (unpaired) electrons. The van der Waals surface area contributed by atoms with Crippen molar-refractivity contribution in [2.75, 3.05) is 20.3 Å². The van der Waals surface area contributed by atoms with Gasteiger partial charge in [0.2, 0.25) is 0 Å². The zero-order valence-corrected chi connectivity index (χ0v) is 12.0. The minimum atomic E-state index is -1.18. The summed E-state index contributed by atoms with van der Waals surface area (Å²) in [4.78, 5) is 0. The summed E-state index contributed by atoms with van der Waals surface area (Å²) in [5, 5.41) is 2.33. The Bertz CT molecular complexity index is 574. The number of benzene rings is 2. The summed E-state index contributed by atoms with van der Waals surface area (Å²) < 4.78 is 11.4. The van der Waals surface area contributed by atoms with Gasteiger partial charge < -0.3 is 14.6 Å². The smallest absolute Gasteiger partial charge is 0.388 e. The molecule has 104 valence electrons. The van der Waals surface area contributed by atoms with E-state index in [9.17, 15) is 0 Å². The van der Waals surface area contributed by atoms with Crippen LogP contribution in [0.4, 0.5) is 0 Å². The van der Waals surface area contributed by atoms with Crippen molar-refractivity contribution in [3.05, 3.63) is 54.1 Å². The zero-order chi connectivity index (χ0) is 14.0. The van der Waals surface area contributed by atoms with Gasteiger partial charge in [0.25, 0.3) is 0 Å². The lowest BCUT2D eigenvalue weighted by Crippen LogP contribution is -3.04. The van der Waals surface area contributed by atoms with Crippen LogP contribution in [-0.2, 0) is 4.65 Å². The maximum atomic E-state index is 6.19. The summed E-state index contributed by atoms with van der Waals surface area (Å²) in [6.45, 7) is 2.71. The SMILES string of the molecule is COc1ccc([B-]2(c3ccc(C)cc3)[NH2+]CCO2)cc1. The highest BCUT2D eigenvalue weighted by Gasteiger charge is 2.40. The second-order valence-electron chi connectivity index (χ2n) is 5.43. The number of rotatable bonds is 3. The highest BCUT2D eigenvalue weighted by molar-refractivity contribution is 6.90. The molecule has 0 spiro atoms. The molecule has 1 heterocycles. The largest absolute Gasteiger partial charge is 0.528 e. The van der Waals surface area contributed by atoms with E-state index in [1.54, 1.807) is 7.11 Å². The Morgan fingerprint density at radius 3 is 2.10 bits per heavy atom. The molecule has 1 unspecified atom stereocenters. The van der Waals surface area contributed by atoms with Crippen molar-refractivity contribution >= 4 is 17.4 Å². The van der Waals surface area contributed by atoms with Crippen LogP contribution in [0.25, 0.3) is 0 Å². The Hall–Kier alpha value is -1.78. The molecule has 1 aliphatic rings. The number of ether oxygens (including phenoxy) is 1. The van der Waals surface area contributed by atoms with Crippen LogP contribution in [0.3, 0.4) is 0 Å². The predicted molar refractivity (Wildman–Crippen MR) is 81.9 cm³/mol. The fourth-order valence-corrected chi connectivity index (χ4v) is 3.02. The van der Waals surface area contributed by atoms with Gasteiger partial charge in [-0.3, -0.25) is 0 Å². The van der Waals surface area contributed by atoms with Crippen LogP contribution in [0.15, 0.2) is 48.5 Å². The molecule has 0 aromatic heterocycles. The van der Waals surface area contributed by atoms with E-state index in [-0.39, 0.29) is 0 Å². The highest BCUT2D eigenvalue weighted by Crippen LogP contribution is 2.10. The number of nitrogens with two attached hydrogens (primary N) is 1. The van der Waals surface area contributed by atoms with E-state index >= 15 is 0 Å². The van der Waals surface area contributed by atoms with Gasteiger partial charge in [-0.25, -0.2) is 0 Å². The summed E-state index contributed by atoms with van der Waals surface area (Å²) >= 11 is 0. The van der Waals surface area contributed by atoms with Gasteiger partial charge in [0.15, 0.2) is 0 Å². The highest BCUT2D eigenvalue weighted by atomic mass is 16.5. The Morgan fingerprint density at radius 1 is 1.00 bits per heavy atom. The maximum Gasteiger partial charge on any atom is 0.388 e. The van der Waals surface area contributed by atoms with Crippen molar-refractivity contribution < 1.29 is 14.6 Å². The lowest BCUT2D eigenvalue weighted by Gasteiger charge is -2.31. The number of hydrogen-bond acceptors (Lipinski definition) is 2. The molecule has 0 saturated carbocycles. The van der Waals surface area contributed by atoms with Crippen molar-refractivity contribution in [3.8, 4) is 5.75 Å². The van der Waals surface area contributed by atoms with Crippen LogP contribution in [0.2, 0.25) is 0 Å². The van der Waals surface area contributed by atoms with Gasteiger partial charge in [0, 0.05) is 0 Å². The first-order valence-corrected chi connectivity index (χ1v) is 7.10. The van der Waals surface area contributed by atoms with Crippen molar-refractivity contribution in [1.82, 2.24) is 0 Å². The topological polar surface area (TPSA) is 35.1 Å². The van der Waals surface area contributed by atoms with Crippen molar-refractivity contribution in [2.24, 2.45) is 0 Å². The van der Waals surface area contributed by atoms with Crippen molar-refractivity contribution in [2.45, 2.75) is 6.92 Å². The van der Waals surface area contributed by atoms with Crippen LogP contribution in [0.5, 0.6) is 5.75 Å². The molecule has 2 N–H and O–H groups in total. The molecule has 3 rings (SSSR count). The molecule has 2 aromatic rings. The Labute approximate surface area is 119 Å². The number of methoxy groups -OCH3 is 1. The molecule has 0 bridgehead atoms. The molecular formula is C16H20BNO2. The lowest BCUT2D eigenvalue weighted by molar-refractivity contribution is -0.514. The third-order valence-corrected chi connectivity index (χ3v) is 4.18. The second-order valence-corrected chi connectivity index (χ2v) is 5.43. The Morgan fingerprint density at radius 2 is 1.60 bits per heavy atom. The molecule has 3 nitrogen and oxygen atoms in total. The molecule has 1 saturated heterocycles. The average molecular weight is 269 g/mol. The molecular weight excluding hydrogens is 249 g/mol. The van der Waals surface area contributed by atoms with Crippen molar-refractivity contribution in [3.63, 3.8) is 0 Å². The monoisotopic (exact) mass is 269 g/mol. The molecule has 1 fully saturated rings. The standard InChI is InChI=1S/C16H20BNO2/c1-13-3-5-14(6-4-13)17(18-11-12-20-17)15-7-9-16(19-2)10-8-15/h3-10H,11-12,18H2,1-2H3. The van der Waals surface area contributed by atoms with Crippen LogP contribution in [-0.4, -0.2) is 26.7 Å². The summed E-state index contributed by atoms with van der Waals surface area (Å²) in [6, 6.07) is 16.9. The molecule has 1 aliphatic heterocycles. The third kappa shape index (κ3) is 2.21. The zero-order valence-electron chi connectivity index (χ0n) is 12.0. The normalized spacial score (nSPS) is 21.9. The molecule has 0 amide bonds. The molecule has 4 heteroatoms. The number of aryl methyl sites for hydroxylation is 1. The third-order valence-electron chi connectivity index (χ3n) is 4.18. The maximum absolute atomic E-state index is 6.19. The Kier molecular flexibility index (Phi) is 3.51. The van der Waals surface area contributed by atoms with Crippen molar-refractivity contribution in [1.29, 1.82) is 0 Å². The predicted octanol–water partition coefficient (Wildman–Crippen LogP) is 0.154. The fraction of sp³-hybridized carbons (Fsp3) is 0.250. The summed E-state index contributed by atoms with van der Waals surface area (Å²) in [6.07, 6.45) is 0. The van der Waals surface area contributed by atoms with E-state index < -0.39 is 6.48 Å². The Balaban J connectivity index is 2.04.